The molecule has 0 bridgehead atoms. The van der Waals surface area contributed by atoms with Crippen LogP contribution in [0.5, 0.6) is 0 Å². The predicted molar refractivity (Wildman–Crippen MR) is 64.3 cm³/mol. The first-order valence-electron chi connectivity index (χ1n) is 5.72. The highest BCUT2D eigenvalue weighted by atomic mass is 19.4. The molecule has 0 aliphatic carbocycles. The number of nitrogens with one attached hydrogen (secondary N) is 1. The van der Waals surface area contributed by atoms with Crippen LogP contribution in [0, 0.1) is 6.92 Å². The fraction of sp³-hybridized carbons (Fsp3) is 0.500. The highest BCUT2D eigenvalue weighted by molar-refractivity contribution is 5.43. The summed E-state index contributed by atoms with van der Waals surface area (Å²) < 4.78 is 39.4. The van der Waals surface area contributed by atoms with E-state index in [0.717, 1.165) is 11.4 Å². The van der Waals surface area contributed by atoms with Gasteiger partial charge in [-0.15, -0.1) is 0 Å². The smallest absolute Gasteiger partial charge is 0.293 e. The molecule has 0 aliphatic heterocycles. The summed E-state index contributed by atoms with van der Waals surface area (Å²) in [6.45, 7) is 6.79. The van der Waals surface area contributed by atoms with Gasteiger partial charge in [0.15, 0.2) is 11.3 Å². The van der Waals surface area contributed by atoms with Gasteiger partial charge >= 0.3 is 6.18 Å². The number of aromatic nitrogens is 3. The van der Waals surface area contributed by atoms with Gasteiger partial charge in [-0.1, -0.05) is 20.8 Å². The lowest BCUT2D eigenvalue weighted by Crippen LogP contribution is -2.24. The number of H-pyrrole nitrogens is 1. The fourth-order valence-corrected chi connectivity index (χ4v) is 1.77. The zero-order chi connectivity index (χ0) is 14.6. The van der Waals surface area contributed by atoms with Crippen molar-refractivity contribution in [3.63, 3.8) is 0 Å². The molecule has 0 radical (unpaired) electrons. The number of fused-ring (bicyclic) bond motifs is 1. The van der Waals surface area contributed by atoms with E-state index in [0.29, 0.717) is 5.69 Å². The van der Waals surface area contributed by atoms with Gasteiger partial charge in [0.2, 0.25) is 0 Å². The molecule has 0 fully saturated rings. The van der Waals surface area contributed by atoms with Gasteiger partial charge in [0.05, 0.1) is 0 Å². The SMILES string of the molecule is Cc1c(C(F)(F)F)nc2cc(C(C)(C)C)[nH]n2c1=O. The Hall–Kier alpha value is -1.79. The van der Waals surface area contributed by atoms with Crippen LogP contribution in [0.4, 0.5) is 13.2 Å². The molecule has 0 amide bonds. The predicted octanol–water partition coefficient (Wildman–Crippen LogP) is 2.65. The Kier molecular flexibility index (Phi) is 2.76. The zero-order valence-electron chi connectivity index (χ0n) is 11.0. The van der Waals surface area contributed by atoms with Crippen LogP contribution in [0.25, 0.3) is 5.65 Å². The molecule has 104 valence electrons. The van der Waals surface area contributed by atoms with Crippen LogP contribution in [0.3, 0.4) is 0 Å². The molecule has 0 atom stereocenters. The summed E-state index contributed by atoms with van der Waals surface area (Å²) in [5.41, 5.74) is -1.95. The van der Waals surface area contributed by atoms with E-state index in [2.05, 4.69) is 10.1 Å². The van der Waals surface area contributed by atoms with Crippen molar-refractivity contribution >= 4 is 5.65 Å². The Labute approximate surface area is 107 Å². The van der Waals surface area contributed by atoms with Gasteiger partial charge in [0.25, 0.3) is 5.56 Å². The molecule has 2 aromatic rings. The quantitative estimate of drug-likeness (QED) is 0.802. The van der Waals surface area contributed by atoms with Gasteiger partial charge in [0, 0.05) is 22.7 Å². The molecule has 0 aromatic carbocycles. The number of nitrogens with zero attached hydrogens (tertiary/aromatic N) is 2. The molecule has 1 N–H and O–H groups in total. The second-order valence-electron chi connectivity index (χ2n) is 5.50. The molecule has 0 unspecified atom stereocenters. The second kappa shape index (κ2) is 3.85. The third kappa shape index (κ3) is 2.24. The molecule has 2 heterocycles. The highest BCUT2D eigenvalue weighted by Gasteiger charge is 2.36. The number of hydrogen-bond acceptors (Lipinski definition) is 2. The van der Waals surface area contributed by atoms with Gasteiger partial charge in [-0.05, 0) is 6.92 Å². The molecule has 4 nitrogen and oxygen atoms in total. The van der Waals surface area contributed by atoms with E-state index in [4.69, 9.17) is 0 Å². The van der Waals surface area contributed by atoms with Gasteiger partial charge in [-0.2, -0.15) is 13.2 Å². The zero-order valence-corrected chi connectivity index (χ0v) is 11.0. The summed E-state index contributed by atoms with van der Waals surface area (Å²) in [4.78, 5) is 15.5. The van der Waals surface area contributed by atoms with Crippen molar-refractivity contribution < 1.29 is 13.2 Å². The topological polar surface area (TPSA) is 50.2 Å². The van der Waals surface area contributed by atoms with Crippen LogP contribution in [0.15, 0.2) is 10.9 Å². The fourth-order valence-electron chi connectivity index (χ4n) is 1.77. The lowest BCUT2D eigenvalue weighted by atomic mass is 9.93. The van der Waals surface area contributed by atoms with Crippen LogP contribution in [-0.4, -0.2) is 14.6 Å². The van der Waals surface area contributed by atoms with E-state index >= 15 is 0 Å². The van der Waals surface area contributed by atoms with Crippen LogP contribution in [-0.2, 0) is 11.6 Å². The summed E-state index contributed by atoms with van der Waals surface area (Å²) >= 11 is 0. The average molecular weight is 273 g/mol. The molecule has 0 aliphatic rings. The van der Waals surface area contributed by atoms with Crippen LogP contribution in [0.2, 0.25) is 0 Å². The third-order valence-electron chi connectivity index (χ3n) is 2.92. The van der Waals surface area contributed by atoms with Gasteiger partial charge < -0.3 is 0 Å². The Balaban J connectivity index is 2.81. The third-order valence-corrected chi connectivity index (χ3v) is 2.92. The molecule has 7 heteroatoms. The van der Waals surface area contributed by atoms with Crippen molar-refractivity contribution in [2.45, 2.75) is 39.3 Å². The first-order valence-corrected chi connectivity index (χ1v) is 5.72. The molecular formula is C12H14F3N3O. The first-order chi connectivity index (χ1) is 8.51. The number of halogens is 3. The molecule has 19 heavy (non-hydrogen) atoms. The van der Waals surface area contributed by atoms with Crippen molar-refractivity contribution in [3.05, 3.63) is 33.4 Å². The van der Waals surface area contributed by atoms with Crippen LogP contribution in [0.1, 0.15) is 37.7 Å². The minimum absolute atomic E-state index is 0.0205. The van der Waals surface area contributed by atoms with Crippen molar-refractivity contribution in [1.29, 1.82) is 0 Å². The first kappa shape index (κ1) is 13.6. The van der Waals surface area contributed by atoms with Crippen molar-refractivity contribution in [3.8, 4) is 0 Å². The summed E-state index contributed by atoms with van der Waals surface area (Å²) in [5, 5.41) is 2.80. The second-order valence-corrected chi connectivity index (χ2v) is 5.50. The largest absolute Gasteiger partial charge is 0.433 e. The van der Waals surface area contributed by atoms with Gasteiger partial charge in [-0.25, -0.2) is 9.50 Å². The number of aromatic amines is 1. The molecule has 0 spiro atoms. The molecular weight excluding hydrogens is 259 g/mol. The Bertz CT molecular complexity index is 689. The Morgan fingerprint density at radius 2 is 1.84 bits per heavy atom. The summed E-state index contributed by atoms with van der Waals surface area (Å²) in [6, 6.07) is 1.47. The van der Waals surface area contributed by atoms with E-state index < -0.39 is 23.0 Å². The van der Waals surface area contributed by atoms with E-state index in [1.54, 1.807) is 0 Å². The standard InChI is InChI=1S/C12H14F3N3O/c1-6-9(12(13,14)15)16-8-5-7(11(2,3)4)17-18(8)10(6)19/h5,17H,1-4H3. The lowest BCUT2D eigenvalue weighted by molar-refractivity contribution is -0.141. The Morgan fingerprint density at radius 3 is 2.32 bits per heavy atom. The molecule has 2 aromatic heterocycles. The Morgan fingerprint density at radius 1 is 1.26 bits per heavy atom. The van der Waals surface area contributed by atoms with E-state index in [9.17, 15) is 18.0 Å². The van der Waals surface area contributed by atoms with Gasteiger partial charge in [0.1, 0.15) is 0 Å². The summed E-state index contributed by atoms with van der Waals surface area (Å²) in [5.74, 6) is 0. The molecule has 2 rings (SSSR count). The maximum atomic E-state index is 12.8. The van der Waals surface area contributed by atoms with Crippen molar-refractivity contribution in [2.24, 2.45) is 0 Å². The van der Waals surface area contributed by atoms with Crippen molar-refractivity contribution in [2.75, 3.05) is 0 Å². The highest BCUT2D eigenvalue weighted by Crippen LogP contribution is 2.29. The minimum Gasteiger partial charge on any atom is -0.293 e. The average Bonchev–Trinajstić information content (AvgIpc) is 2.65. The maximum Gasteiger partial charge on any atom is 0.433 e. The van der Waals surface area contributed by atoms with Gasteiger partial charge in [-0.3, -0.25) is 9.89 Å². The molecule has 0 saturated heterocycles. The maximum absolute atomic E-state index is 12.8. The van der Waals surface area contributed by atoms with Crippen LogP contribution < -0.4 is 5.56 Å². The number of hydrogen-bond donors (Lipinski definition) is 1. The summed E-state index contributed by atoms with van der Waals surface area (Å²) in [7, 11) is 0. The number of alkyl halides is 3. The summed E-state index contributed by atoms with van der Waals surface area (Å²) in [6.07, 6.45) is -4.63. The monoisotopic (exact) mass is 273 g/mol. The lowest BCUT2D eigenvalue weighted by Gasteiger charge is -2.14. The minimum atomic E-state index is -4.63. The van der Waals surface area contributed by atoms with E-state index in [1.165, 1.54) is 6.07 Å². The van der Waals surface area contributed by atoms with E-state index in [1.807, 2.05) is 20.8 Å². The van der Waals surface area contributed by atoms with Crippen LogP contribution >= 0.6 is 0 Å². The van der Waals surface area contributed by atoms with Crippen molar-refractivity contribution in [1.82, 2.24) is 14.6 Å². The van der Waals surface area contributed by atoms with E-state index in [-0.39, 0.29) is 11.1 Å². The normalized spacial score (nSPS) is 13.2. The molecule has 0 saturated carbocycles. The number of rotatable bonds is 0.